The minimum Gasteiger partial charge on any atom is -0.344 e. The van der Waals surface area contributed by atoms with Gasteiger partial charge >= 0.3 is 0 Å². The summed E-state index contributed by atoms with van der Waals surface area (Å²) in [4.78, 5) is 16.6. The Balaban J connectivity index is 1.65. The molecule has 28 heavy (non-hydrogen) atoms. The minimum absolute atomic E-state index is 0.683. The molecule has 5 nitrogen and oxygen atoms in total. The maximum absolute atomic E-state index is 4.43. The van der Waals surface area contributed by atoms with Crippen molar-refractivity contribution >= 4 is 6.21 Å². The van der Waals surface area contributed by atoms with Crippen molar-refractivity contribution in [1.29, 1.82) is 0 Å². The molecule has 0 spiro atoms. The van der Waals surface area contributed by atoms with Gasteiger partial charge in [-0.1, -0.05) is 38.1 Å². The zero-order valence-electron chi connectivity index (χ0n) is 17.9. The lowest BCUT2D eigenvalue weighted by molar-refractivity contribution is 0.255. The van der Waals surface area contributed by atoms with Gasteiger partial charge in [-0.2, -0.15) is 0 Å². The maximum atomic E-state index is 4.43. The number of aromatic nitrogens is 2. The second kappa shape index (κ2) is 13.2. The van der Waals surface area contributed by atoms with Crippen molar-refractivity contribution in [2.24, 2.45) is 4.99 Å². The normalized spacial score (nSPS) is 11.9. The fourth-order valence-electron chi connectivity index (χ4n) is 3.41. The second-order valence-electron chi connectivity index (χ2n) is 7.55. The van der Waals surface area contributed by atoms with Crippen molar-refractivity contribution in [1.82, 2.24) is 19.8 Å². The third kappa shape index (κ3) is 8.81. The SMILES string of the molecule is CCCN(CCC)CCCCN(C)Cc1ccc(CN=Cc2ncc[nH]2)cc1. The van der Waals surface area contributed by atoms with Crippen LogP contribution >= 0.6 is 0 Å². The molecule has 0 radical (unpaired) electrons. The molecule has 0 aliphatic carbocycles. The van der Waals surface area contributed by atoms with Crippen molar-refractivity contribution in [3.05, 3.63) is 53.6 Å². The first-order valence-electron chi connectivity index (χ1n) is 10.7. The van der Waals surface area contributed by atoms with E-state index in [9.17, 15) is 0 Å². The van der Waals surface area contributed by atoms with Crippen LogP contribution in [0.1, 0.15) is 56.5 Å². The van der Waals surface area contributed by atoms with Crippen LogP contribution in [0.4, 0.5) is 0 Å². The van der Waals surface area contributed by atoms with E-state index in [4.69, 9.17) is 0 Å². The van der Waals surface area contributed by atoms with E-state index in [0.29, 0.717) is 6.54 Å². The van der Waals surface area contributed by atoms with Crippen LogP contribution in [0.25, 0.3) is 0 Å². The van der Waals surface area contributed by atoms with Gasteiger partial charge < -0.3 is 14.8 Å². The molecule has 1 aromatic heterocycles. The first-order chi connectivity index (χ1) is 13.7. The highest BCUT2D eigenvalue weighted by Crippen LogP contribution is 2.09. The topological polar surface area (TPSA) is 47.5 Å². The van der Waals surface area contributed by atoms with Crippen LogP contribution in [0.2, 0.25) is 0 Å². The summed E-state index contributed by atoms with van der Waals surface area (Å²) in [5.74, 6) is 0.797. The molecule has 1 N–H and O–H groups in total. The molecule has 0 amide bonds. The fourth-order valence-corrected chi connectivity index (χ4v) is 3.41. The number of imidazole rings is 1. The van der Waals surface area contributed by atoms with Crippen molar-refractivity contribution in [2.45, 2.75) is 52.6 Å². The maximum Gasteiger partial charge on any atom is 0.148 e. The molecule has 154 valence electrons. The molecule has 0 aliphatic rings. The van der Waals surface area contributed by atoms with E-state index < -0.39 is 0 Å². The van der Waals surface area contributed by atoms with Gasteiger partial charge in [0.1, 0.15) is 5.82 Å². The van der Waals surface area contributed by atoms with Crippen molar-refractivity contribution < 1.29 is 0 Å². The molecule has 1 heterocycles. The second-order valence-corrected chi connectivity index (χ2v) is 7.55. The number of rotatable bonds is 14. The Labute approximate surface area is 170 Å². The highest BCUT2D eigenvalue weighted by Gasteiger charge is 2.04. The smallest absolute Gasteiger partial charge is 0.148 e. The third-order valence-corrected chi connectivity index (χ3v) is 4.83. The molecule has 1 aromatic carbocycles. The van der Waals surface area contributed by atoms with Crippen LogP contribution in [0.3, 0.4) is 0 Å². The number of hydrogen-bond donors (Lipinski definition) is 1. The Hall–Kier alpha value is -1.98. The minimum atomic E-state index is 0.683. The van der Waals surface area contributed by atoms with Gasteiger partial charge in [-0.25, -0.2) is 4.98 Å². The summed E-state index contributed by atoms with van der Waals surface area (Å²) in [5.41, 5.74) is 2.58. The summed E-state index contributed by atoms with van der Waals surface area (Å²) >= 11 is 0. The molecule has 0 saturated heterocycles. The van der Waals surface area contributed by atoms with E-state index in [-0.39, 0.29) is 0 Å². The molecule has 2 rings (SSSR count). The molecular weight excluding hydrogens is 346 g/mol. The molecule has 0 bridgehead atoms. The van der Waals surface area contributed by atoms with Gasteiger partial charge in [0.25, 0.3) is 0 Å². The molecule has 0 aliphatic heterocycles. The first kappa shape index (κ1) is 22.3. The molecule has 0 unspecified atom stereocenters. The van der Waals surface area contributed by atoms with Crippen molar-refractivity contribution in [3.63, 3.8) is 0 Å². The van der Waals surface area contributed by atoms with Crippen LogP contribution in [0.15, 0.2) is 41.7 Å². The summed E-state index contributed by atoms with van der Waals surface area (Å²) < 4.78 is 0. The highest BCUT2D eigenvalue weighted by molar-refractivity contribution is 5.74. The summed E-state index contributed by atoms with van der Waals surface area (Å²) in [6.45, 7) is 11.1. The van der Waals surface area contributed by atoms with Crippen molar-refractivity contribution in [2.75, 3.05) is 33.2 Å². The van der Waals surface area contributed by atoms with Crippen LogP contribution in [0.5, 0.6) is 0 Å². The fraction of sp³-hybridized carbons (Fsp3) is 0.565. The number of hydrogen-bond acceptors (Lipinski definition) is 4. The lowest BCUT2D eigenvalue weighted by atomic mass is 10.1. The Morgan fingerprint density at radius 1 is 0.964 bits per heavy atom. The molecule has 5 heteroatoms. The average Bonchev–Trinajstić information content (AvgIpc) is 3.20. The number of unbranched alkanes of at least 4 members (excludes halogenated alkanes) is 1. The zero-order chi connectivity index (χ0) is 20.0. The molecule has 0 saturated carbocycles. The van der Waals surface area contributed by atoms with E-state index in [0.717, 1.165) is 18.9 Å². The third-order valence-electron chi connectivity index (χ3n) is 4.83. The van der Waals surface area contributed by atoms with Crippen LogP contribution in [-0.2, 0) is 13.1 Å². The molecular formula is C23H37N5. The Bertz CT molecular complexity index is 642. The van der Waals surface area contributed by atoms with E-state index in [1.807, 2.05) is 0 Å². The van der Waals surface area contributed by atoms with Gasteiger partial charge in [0.05, 0.1) is 12.8 Å². The monoisotopic (exact) mass is 383 g/mol. The van der Waals surface area contributed by atoms with Crippen LogP contribution < -0.4 is 0 Å². The lowest BCUT2D eigenvalue weighted by Crippen LogP contribution is -2.27. The van der Waals surface area contributed by atoms with Gasteiger partial charge in [-0.05, 0) is 70.0 Å². The van der Waals surface area contributed by atoms with Gasteiger partial charge in [0, 0.05) is 18.9 Å². The first-order valence-corrected chi connectivity index (χ1v) is 10.7. The number of aliphatic imine (C=N–C) groups is 1. The predicted octanol–water partition coefficient (Wildman–Crippen LogP) is 4.36. The largest absolute Gasteiger partial charge is 0.344 e. The molecule has 0 fully saturated rings. The van der Waals surface area contributed by atoms with Crippen LogP contribution in [-0.4, -0.2) is 59.2 Å². The number of benzene rings is 1. The summed E-state index contributed by atoms with van der Waals surface area (Å²) in [6, 6.07) is 8.79. The summed E-state index contributed by atoms with van der Waals surface area (Å²) in [5, 5.41) is 0. The Kier molecular flexibility index (Phi) is 10.5. The predicted molar refractivity (Wildman–Crippen MR) is 119 cm³/mol. The lowest BCUT2D eigenvalue weighted by Gasteiger charge is -2.22. The number of aromatic amines is 1. The number of nitrogens with one attached hydrogen (secondary N) is 1. The molecule has 2 aromatic rings. The van der Waals surface area contributed by atoms with Gasteiger partial charge in [-0.3, -0.25) is 4.99 Å². The van der Waals surface area contributed by atoms with Crippen LogP contribution in [0, 0.1) is 0 Å². The Morgan fingerprint density at radius 3 is 2.29 bits per heavy atom. The van der Waals surface area contributed by atoms with E-state index in [1.165, 1.54) is 56.4 Å². The van der Waals surface area contributed by atoms with E-state index >= 15 is 0 Å². The van der Waals surface area contributed by atoms with E-state index in [1.54, 1.807) is 18.6 Å². The number of H-pyrrole nitrogens is 1. The van der Waals surface area contributed by atoms with Crippen molar-refractivity contribution in [3.8, 4) is 0 Å². The van der Waals surface area contributed by atoms with Gasteiger partial charge in [-0.15, -0.1) is 0 Å². The van der Waals surface area contributed by atoms with Gasteiger partial charge in [0.15, 0.2) is 0 Å². The highest BCUT2D eigenvalue weighted by atomic mass is 15.1. The average molecular weight is 384 g/mol. The standard InChI is InChI=1S/C23H37N5/c1-4-14-28(15-5-2)17-7-6-16-27(3)20-22-10-8-21(9-11-22)18-24-19-23-25-12-13-26-23/h8-13,19H,4-7,14-18,20H2,1-3H3,(H,25,26). The summed E-state index contributed by atoms with van der Waals surface area (Å²) in [7, 11) is 2.22. The van der Waals surface area contributed by atoms with E-state index in [2.05, 4.69) is 69.9 Å². The zero-order valence-corrected chi connectivity index (χ0v) is 17.9. The number of nitrogens with zero attached hydrogens (tertiary/aromatic N) is 4. The quantitative estimate of drug-likeness (QED) is 0.389. The van der Waals surface area contributed by atoms with Gasteiger partial charge in [0.2, 0.25) is 0 Å². The molecule has 0 atom stereocenters. The Morgan fingerprint density at radius 2 is 1.64 bits per heavy atom. The summed E-state index contributed by atoms with van der Waals surface area (Å²) in [6.07, 6.45) is 10.4.